The fraction of sp³-hybridized carbons (Fsp3) is 0.462. The van der Waals surface area contributed by atoms with Gasteiger partial charge in [-0.1, -0.05) is 0 Å². The van der Waals surface area contributed by atoms with E-state index in [0.29, 0.717) is 5.75 Å². The van der Waals surface area contributed by atoms with Gasteiger partial charge in [-0.3, -0.25) is 4.79 Å². The minimum atomic E-state index is -0.114. The molecular formula is C13H19ClN2O3. The number of halogens is 1. The molecule has 0 bridgehead atoms. The van der Waals surface area contributed by atoms with Crippen LogP contribution < -0.4 is 15.4 Å². The topological polar surface area (TPSA) is 70.6 Å². The SMILES string of the molecule is Cl.O=C(COc1ccc(O)cc1)N[C@H]1CCCNC1. The molecule has 1 saturated heterocycles. The number of piperidine rings is 1. The molecule has 106 valence electrons. The van der Waals surface area contributed by atoms with Crippen LogP contribution in [0.3, 0.4) is 0 Å². The Kier molecular flexibility index (Phi) is 6.45. The summed E-state index contributed by atoms with van der Waals surface area (Å²) in [4.78, 5) is 11.6. The molecule has 1 aliphatic rings. The summed E-state index contributed by atoms with van der Waals surface area (Å²) in [7, 11) is 0. The van der Waals surface area contributed by atoms with E-state index in [1.165, 1.54) is 12.1 Å². The lowest BCUT2D eigenvalue weighted by molar-refractivity contribution is -0.123. The molecular weight excluding hydrogens is 268 g/mol. The summed E-state index contributed by atoms with van der Waals surface area (Å²) < 4.78 is 5.32. The minimum absolute atomic E-state index is 0. The zero-order chi connectivity index (χ0) is 12.8. The second-order valence-corrected chi connectivity index (χ2v) is 4.39. The number of nitrogens with one attached hydrogen (secondary N) is 2. The van der Waals surface area contributed by atoms with Gasteiger partial charge in [0.2, 0.25) is 0 Å². The van der Waals surface area contributed by atoms with Crippen LogP contribution in [-0.2, 0) is 4.79 Å². The summed E-state index contributed by atoms with van der Waals surface area (Å²) in [6.07, 6.45) is 2.10. The number of carbonyl (C=O) groups excluding carboxylic acids is 1. The quantitative estimate of drug-likeness (QED) is 0.774. The third kappa shape index (κ3) is 5.36. The Morgan fingerprint density at radius 1 is 1.42 bits per heavy atom. The van der Waals surface area contributed by atoms with E-state index in [2.05, 4.69) is 10.6 Å². The first-order valence-corrected chi connectivity index (χ1v) is 6.16. The molecule has 0 unspecified atom stereocenters. The van der Waals surface area contributed by atoms with Crippen LogP contribution in [0.15, 0.2) is 24.3 Å². The lowest BCUT2D eigenvalue weighted by Gasteiger charge is -2.23. The summed E-state index contributed by atoms with van der Waals surface area (Å²) in [5.74, 6) is 0.640. The molecule has 0 aliphatic carbocycles. The third-order valence-electron chi connectivity index (χ3n) is 2.87. The van der Waals surface area contributed by atoms with E-state index in [1.807, 2.05) is 0 Å². The number of hydrogen-bond acceptors (Lipinski definition) is 4. The Bertz CT molecular complexity index is 391. The van der Waals surface area contributed by atoms with Crippen molar-refractivity contribution in [1.82, 2.24) is 10.6 Å². The molecule has 6 heteroatoms. The van der Waals surface area contributed by atoms with Crippen molar-refractivity contribution in [3.63, 3.8) is 0 Å². The van der Waals surface area contributed by atoms with Crippen molar-refractivity contribution in [1.29, 1.82) is 0 Å². The summed E-state index contributed by atoms with van der Waals surface area (Å²) in [6, 6.07) is 6.52. The number of hydrogen-bond donors (Lipinski definition) is 3. The largest absolute Gasteiger partial charge is 0.508 e. The number of amides is 1. The molecule has 3 N–H and O–H groups in total. The number of ether oxygens (including phenoxy) is 1. The molecule has 1 amide bonds. The van der Waals surface area contributed by atoms with Gasteiger partial charge in [-0.2, -0.15) is 0 Å². The van der Waals surface area contributed by atoms with Crippen molar-refractivity contribution in [2.75, 3.05) is 19.7 Å². The van der Waals surface area contributed by atoms with Crippen LogP contribution in [0.5, 0.6) is 11.5 Å². The van der Waals surface area contributed by atoms with Gasteiger partial charge < -0.3 is 20.5 Å². The van der Waals surface area contributed by atoms with Crippen LogP contribution >= 0.6 is 12.4 Å². The maximum Gasteiger partial charge on any atom is 0.258 e. The smallest absolute Gasteiger partial charge is 0.258 e. The molecule has 1 aliphatic heterocycles. The summed E-state index contributed by atoms with van der Waals surface area (Å²) >= 11 is 0. The van der Waals surface area contributed by atoms with Crippen LogP contribution in [0.25, 0.3) is 0 Å². The molecule has 0 saturated carbocycles. The van der Waals surface area contributed by atoms with Gasteiger partial charge in [0.15, 0.2) is 6.61 Å². The highest BCUT2D eigenvalue weighted by atomic mass is 35.5. The summed E-state index contributed by atoms with van der Waals surface area (Å²) in [5, 5.41) is 15.3. The Morgan fingerprint density at radius 2 is 2.16 bits per heavy atom. The molecule has 0 spiro atoms. The van der Waals surface area contributed by atoms with Crippen molar-refractivity contribution in [2.45, 2.75) is 18.9 Å². The Morgan fingerprint density at radius 3 is 2.79 bits per heavy atom. The van der Waals surface area contributed by atoms with E-state index in [0.717, 1.165) is 25.9 Å². The molecule has 1 heterocycles. The van der Waals surface area contributed by atoms with Gasteiger partial charge >= 0.3 is 0 Å². The van der Waals surface area contributed by atoms with Gasteiger partial charge in [0.25, 0.3) is 5.91 Å². The Hall–Kier alpha value is -1.46. The van der Waals surface area contributed by atoms with Gasteiger partial charge in [0.05, 0.1) is 0 Å². The molecule has 1 atom stereocenters. The summed E-state index contributed by atoms with van der Waals surface area (Å²) in [6.45, 7) is 1.85. The zero-order valence-corrected chi connectivity index (χ0v) is 11.4. The van der Waals surface area contributed by atoms with Gasteiger partial charge in [0, 0.05) is 12.6 Å². The standard InChI is InChI=1S/C13H18N2O3.ClH/c16-11-3-5-12(6-4-11)18-9-13(17)15-10-2-1-7-14-8-10;/h3-6,10,14,16H,1-2,7-9H2,(H,15,17);1H/t10-;/m0./s1. The minimum Gasteiger partial charge on any atom is -0.508 e. The number of carbonyl (C=O) groups is 1. The van der Waals surface area contributed by atoms with Gasteiger partial charge in [-0.25, -0.2) is 0 Å². The van der Waals surface area contributed by atoms with E-state index in [1.54, 1.807) is 12.1 Å². The highest BCUT2D eigenvalue weighted by molar-refractivity contribution is 5.85. The molecule has 19 heavy (non-hydrogen) atoms. The molecule has 2 rings (SSSR count). The van der Waals surface area contributed by atoms with Crippen molar-refractivity contribution < 1.29 is 14.6 Å². The summed E-state index contributed by atoms with van der Waals surface area (Å²) in [5.41, 5.74) is 0. The van der Waals surface area contributed by atoms with E-state index in [-0.39, 0.29) is 36.7 Å². The number of benzene rings is 1. The monoisotopic (exact) mass is 286 g/mol. The van der Waals surface area contributed by atoms with E-state index in [4.69, 9.17) is 9.84 Å². The van der Waals surface area contributed by atoms with Crippen LogP contribution in [0.1, 0.15) is 12.8 Å². The molecule has 1 aromatic carbocycles. The fourth-order valence-corrected chi connectivity index (χ4v) is 1.94. The fourth-order valence-electron chi connectivity index (χ4n) is 1.94. The zero-order valence-electron chi connectivity index (χ0n) is 10.6. The van der Waals surface area contributed by atoms with Gasteiger partial charge in [-0.05, 0) is 43.7 Å². The second-order valence-electron chi connectivity index (χ2n) is 4.39. The van der Waals surface area contributed by atoms with Crippen LogP contribution in [0, 0.1) is 0 Å². The highest BCUT2D eigenvalue weighted by Crippen LogP contribution is 2.15. The van der Waals surface area contributed by atoms with E-state index in [9.17, 15) is 4.79 Å². The number of aromatic hydroxyl groups is 1. The predicted octanol–water partition coefficient (Wildman–Crippen LogP) is 1.06. The maximum atomic E-state index is 11.6. The number of rotatable bonds is 4. The highest BCUT2D eigenvalue weighted by Gasteiger charge is 2.15. The normalized spacial score (nSPS) is 18.2. The first kappa shape index (κ1) is 15.6. The molecule has 0 radical (unpaired) electrons. The van der Waals surface area contributed by atoms with E-state index < -0.39 is 0 Å². The van der Waals surface area contributed by atoms with Crippen LogP contribution in [0.2, 0.25) is 0 Å². The Labute approximate surface area is 118 Å². The van der Waals surface area contributed by atoms with E-state index >= 15 is 0 Å². The van der Waals surface area contributed by atoms with Crippen molar-refractivity contribution in [2.24, 2.45) is 0 Å². The average Bonchev–Trinajstić information content (AvgIpc) is 2.39. The van der Waals surface area contributed by atoms with Crippen molar-refractivity contribution in [3.8, 4) is 11.5 Å². The Balaban J connectivity index is 0.00000180. The lowest BCUT2D eigenvalue weighted by atomic mass is 10.1. The third-order valence-corrected chi connectivity index (χ3v) is 2.87. The number of phenolic OH excluding ortho intramolecular Hbond substituents is 1. The van der Waals surface area contributed by atoms with Gasteiger partial charge in [0.1, 0.15) is 11.5 Å². The molecule has 5 nitrogen and oxygen atoms in total. The maximum absolute atomic E-state index is 11.6. The molecule has 0 aromatic heterocycles. The van der Waals surface area contributed by atoms with Crippen LogP contribution in [-0.4, -0.2) is 36.8 Å². The first-order valence-electron chi connectivity index (χ1n) is 6.16. The van der Waals surface area contributed by atoms with Crippen LogP contribution in [0.4, 0.5) is 0 Å². The predicted molar refractivity (Wildman–Crippen MR) is 74.9 cm³/mol. The van der Waals surface area contributed by atoms with Crippen molar-refractivity contribution in [3.05, 3.63) is 24.3 Å². The first-order chi connectivity index (χ1) is 8.74. The second kappa shape index (κ2) is 7.86. The van der Waals surface area contributed by atoms with Crippen molar-refractivity contribution >= 4 is 18.3 Å². The average molecular weight is 287 g/mol. The molecule has 1 aromatic rings. The molecule has 1 fully saturated rings. The number of phenols is 1. The lowest BCUT2D eigenvalue weighted by Crippen LogP contribution is -2.46. The van der Waals surface area contributed by atoms with Gasteiger partial charge in [-0.15, -0.1) is 12.4 Å².